The van der Waals surface area contributed by atoms with Crippen LogP contribution < -0.4 is 5.32 Å². The zero-order valence-electron chi connectivity index (χ0n) is 16.7. The van der Waals surface area contributed by atoms with Gasteiger partial charge in [0.05, 0.1) is 7.11 Å². The summed E-state index contributed by atoms with van der Waals surface area (Å²) in [6.07, 6.45) is 5.36. The Bertz CT molecular complexity index is 852. The van der Waals surface area contributed by atoms with Crippen molar-refractivity contribution in [3.8, 4) is 0 Å². The van der Waals surface area contributed by atoms with Crippen LogP contribution in [0.25, 0.3) is 6.08 Å². The van der Waals surface area contributed by atoms with E-state index in [0.717, 1.165) is 18.4 Å². The average molecular weight is 421 g/mol. The van der Waals surface area contributed by atoms with Gasteiger partial charge in [-0.2, -0.15) is 4.31 Å². The number of piperidine rings is 1. The molecule has 0 aromatic heterocycles. The monoisotopic (exact) mass is 420 g/mol. The Morgan fingerprint density at radius 2 is 1.76 bits per heavy atom. The average Bonchev–Trinajstić information content (AvgIpc) is 3.22. The Hall–Kier alpha value is -2.19. The van der Waals surface area contributed by atoms with Gasteiger partial charge >= 0.3 is 5.97 Å². The third-order valence-electron chi connectivity index (χ3n) is 5.81. The zero-order valence-corrected chi connectivity index (χ0v) is 17.5. The number of hydrogen-bond donors (Lipinski definition) is 1. The summed E-state index contributed by atoms with van der Waals surface area (Å²) in [6.45, 7) is 0.565. The summed E-state index contributed by atoms with van der Waals surface area (Å²) >= 11 is 0. The first kappa shape index (κ1) is 21.5. The van der Waals surface area contributed by atoms with E-state index in [1.54, 1.807) is 6.08 Å². The molecule has 1 aliphatic carbocycles. The van der Waals surface area contributed by atoms with Gasteiger partial charge in [-0.15, -0.1) is 0 Å². The lowest BCUT2D eigenvalue weighted by atomic mass is 9.92. The smallest absolute Gasteiger partial charge is 0.331 e. The number of nitrogens with one attached hydrogen (secondary N) is 1. The van der Waals surface area contributed by atoms with Crippen LogP contribution in [0.1, 0.15) is 44.1 Å². The molecule has 1 aromatic rings. The van der Waals surface area contributed by atoms with Crippen LogP contribution in [0.2, 0.25) is 0 Å². The molecule has 1 aliphatic heterocycles. The molecule has 2 aliphatic rings. The lowest BCUT2D eigenvalue weighted by Crippen LogP contribution is -2.55. The molecule has 1 aromatic carbocycles. The summed E-state index contributed by atoms with van der Waals surface area (Å²) in [5, 5.41) is 4.13. The third kappa shape index (κ3) is 5.05. The van der Waals surface area contributed by atoms with Crippen LogP contribution in [-0.2, 0) is 24.3 Å². The minimum atomic E-state index is -3.54. The molecular weight excluding hydrogens is 392 g/mol. The van der Waals surface area contributed by atoms with Crippen LogP contribution in [0.4, 0.5) is 0 Å². The Morgan fingerprint density at radius 1 is 1.14 bits per heavy atom. The number of rotatable bonds is 6. The topological polar surface area (TPSA) is 92.8 Å². The number of hydrogen-bond acceptors (Lipinski definition) is 5. The van der Waals surface area contributed by atoms with E-state index >= 15 is 0 Å². The first-order chi connectivity index (χ1) is 13.9. The van der Waals surface area contributed by atoms with Gasteiger partial charge in [-0.05, 0) is 37.3 Å². The van der Waals surface area contributed by atoms with Crippen molar-refractivity contribution in [3.63, 3.8) is 0 Å². The number of esters is 1. The fourth-order valence-electron chi connectivity index (χ4n) is 4.08. The van der Waals surface area contributed by atoms with Crippen molar-refractivity contribution in [2.75, 3.05) is 20.2 Å². The van der Waals surface area contributed by atoms with Crippen molar-refractivity contribution < 1.29 is 22.7 Å². The molecule has 1 saturated heterocycles. The lowest BCUT2D eigenvalue weighted by Gasteiger charge is -2.33. The fourth-order valence-corrected chi connectivity index (χ4v) is 5.30. The molecule has 158 valence electrons. The highest BCUT2D eigenvalue weighted by Crippen LogP contribution is 2.32. The van der Waals surface area contributed by atoms with E-state index < -0.39 is 21.5 Å². The number of nitrogens with zero attached hydrogens (tertiary/aromatic N) is 1. The van der Waals surface area contributed by atoms with Gasteiger partial charge < -0.3 is 10.1 Å². The highest BCUT2D eigenvalue weighted by atomic mass is 32.2. The van der Waals surface area contributed by atoms with E-state index in [2.05, 4.69) is 5.32 Å². The van der Waals surface area contributed by atoms with Crippen molar-refractivity contribution in [1.29, 1.82) is 0 Å². The Labute approximate surface area is 172 Å². The molecule has 0 radical (unpaired) electrons. The predicted molar refractivity (Wildman–Crippen MR) is 110 cm³/mol. The van der Waals surface area contributed by atoms with Crippen LogP contribution in [0, 0.1) is 5.92 Å². The maximum atomic E-state index is 12.7. The van der Waals surface area contributed by atoms with Gasteiger partial charge in [0.15, 0.2) is 0 Å². The number of benzene rings is 1. The van der Waals surface area contributed by atoms with Crippen molar-refractivity contribution in [2.45, 2.75) is 44.1 Å². The number of sulfonamides is 1. The highest BCUT2D eigenvalue weighted by molar-refractivity contribution is 7.92. The molecule has 1 saturated carbocycles. The van der Waals surface area contributed by atoms with Gasteiger partial charge in [0.1, 0.15) is 5.54 Å². The van der Waals surface area contributed by atoms with Crippen molar-refractivity contribution in [3.05, 3.63) is 41.3 Å². The van der Waals surface area contributed by atoms with Crippen LogP contribution in [0.5, 0.6) is 0 Å². The lowest BCUT2D eigenvalue weighted by molar-refractivity contribution is -0.151. The molecule has 0 atom stereocenters. The summed E-state index contributed by atoms with van der Waals surface area (Å²) < 4.78 is 31.4. The fraction of sp³-hybridized carbons (Fsp3) is 0.524. The van der Waals surface area contributed by atoms with Crippen LogP contribution >= 0.6 is 0 Å². The summed E-state index contributed by atoms with van der Waals surface area (Å²) in [7, 11) is -2.20. The summed E-state index contributed by atoms with van der Waals surface area (Å²) in [5.41, 5.74) is -0.108. The van der Waals surface area contributed by atoms with Crippen molar-refractivity contribution in [2.24, 2.45) is 5.92 Å². The number of ether oxygens (including phenoxy) is 1. The van der Waals surface area contributed by atoms with Crippen LogP contribution in [0.3, 0.4) is 0 Å². The first-order valence-corrected chi connectivity index (χ1v) is 11.5. The molecule has 1 amide bonds. The molecule has 1 N–H and O–H groups in total. The standard InChI is InChI=1S/C21H28N2O5S/c1-28-20(25)21(12-5-6-13-21)22-19(24)18-9-14-23(15-10-18)29(26,27)16-11-17-7-3-2-4-8-17/h2-4,7-8,11,16,18H,5-6,9-10,12-15H2,1H3,(H,22,24)/b16-11+. The van der Waals surface area contributed by atoms with E-state index in [9.17, 15) is 18.0 Å². The van der Waals surface area contributed by atoms with Gasteiger partial charge in [0, 0.05) is 24.4 Å². The van der Waals surface area contributed by atoms with Crippen LogP contribution in [-0.4, -0.2) is 50.3 Å². The minimum absolute atomic E-state index is 0.186. The second-order valence-electron chi connectivity index (χ2n) is 7.70. The molecule has 0 bridgehead atoms. The Balaban J connectivity index is 1.57. The molecule has 0 unspecified atom stereocenters. The van der Waals surface area contributed by atoms with Gasteiger partial charge in [-0.1, -0.05) is 43.2 Å². The molecule has 0 spiro atoms. The maximum absolute atomic E-state index is 12.7. The molecule has 29 heavy (non-hydrogen) atoms. The maximum Gasteiger partial charge on any atom is 0.331 e. The number of amides is 1. The summed E-state index contributed by atoms with van der Waals surface area (Å²) in [6, 6.07) is 9.24. The third-order valence-corrected chi connectivity index (χ3v) is 7.38. The first-order valence-electron chi connectivity index (χ1n) is 10.00. The van der Waals surface area contributed by atoms with Crippen LogP contribution in [0.15, 0.2) is 35.7 Å². The SMILES string of the molecule is COC(=O)C1(NC(=O)C2CCN(S(=O)(=O)/C=C/c3ccccc3)CC2)CCCC1. The van der Waals surface area contributed by atoms with Crippen molar-refractivity contribution >= 4 is 28.0 Å². The van der Waals surface area contributed by atoms with Gasteiger partial charge in [-0.3, -0.25) is 4.79 Å². The molecular formula is C21H28N2O5S. The zero-order chi connectivity index (χ0) is 20.9. The molecule has 7 nitrogen and oxygen atoms in total. The second kappa shape index (κ2) is 9.09. The largest absolute Gasteiger partial charge is 0.467 e. The number of methoxy groups -OCH3 is 1. The molecule has 3 rings (SSSR count). The quantitative estimate of drug-likeness (QED) is 0.713. The minimum Gasteiger partial charge on any atom is -0.467 e. The highest BCUT2D eigenvalue weighted by Gasteiger charge is 2.44. The summed E-state index contributed by atoms with van der Waals surface area (Å²) in [5.74, 6) is -0.884. The Kier molecular flexibility index (Phi) is 6.74. The predicted octanol–water partition coefficient (Wildman–Crippen LogP) is 2.30. The summed E-state index contributed by atoms with van der Waals surface area (Å²) in [4.78, 5) is 24.9. The van der Waals surface area contributed by atoms with E-state index in [4.69, 9.17) is 4.74 Å². The van der Waals surface area contributed by atoms with E-state index in [0.29, 0.717) is 25.7 Å². The molecule has 1 heterocycles. The van der Waals surface area contributed by atoms with Gasteiger partial charge in [-0.25, -0.2) is 13.2 Å². The van der Waals surface area contributed by atoms with Gasteiger partial charge in [0.25, 0.3) is 0 Å². The number of carbonyl (C=O) groups is 2. The van der Waals surface area contributed by atoms with Crippen molar-refractivity contribution in [1.82, 2.24) is 9.62 Å². The van der Waals surface area contributed by atoms with E-state index in [-0.39, 0.29) is 24.9 Å². The molecule has 8 heteroatoms. The second-order valence-corrected chi connectivity index (χ2v) is 9.52. The number of carbonyl (C=O) groups excluding carboxylic acids is 2. The Morgan fingerprint density at radius 3 is 2.34 bits per heavy atom. The van der Waals surface area contributed by atoms with E-state index in [1.807, 2.05) is 30.3 Å². The molecule has 2 fully saturated rings. The normalized spacial score (nSPS) is 20.6. The van der Waals surface area contributed by atoms with Gasteiger partial charge in [0.2, 0.25) is 15.9 Å². The van der Waals surface area contributed by atoms with E-state index in [1.165, 1.54) is 16.8 Å².